The van der Waals surface area contributed by atoms with E-state index in [-0.39, 0.29) is 5.91 Å². The summed E-state index contributed by atoms with van der Waals surface area (Å²) in [5.41, 5.74) is 0. The van der Waals surface area contributed by atoms with Gasteiger partial charge in [-0.25, -0.2) is 0 Å². The molecule has 0 unspecified atom stereocenters. The van der Waals surface area contributed by atoms with Gasteiger partial charge in [-0.1, -0.05) is 12.1 Å². The van der Waals surface area contributed by atoms with E-state index < -0.39 is 0 Å². The molecule has 1 aromatic rings. The van der Waals surface area contributed by atoms with Gasteiger partial charge in [-0.05, 0) is 19.9 Å². The van der Waals surface area contributed by atoms with E-state index in [4.69, 9.17) is 4.52 Å². The topological polar surface area (TPSA) is 80.0 Å². The highest BCUT2D eigenvalue weighted by molar-refractivity contribution is 5.77. The molecule has 1 heterocycles. The summed E-state index contributed by atoms with van der Waals surface area (Å²) in [6, 6.07) is 0. The fourth-order valence-electron chi connectivity index (χ4n) is 1.19. The van der Waals surface area contributed by atoms with Crippen molar-refractivity contribution in [2.24, 2.45) is 0 Å². The minimum Gasteiger partial charge on any atom is -0.354 e. The number of hydrogen-bond acceptors (Lipinski definition) is 5. The van der Waals surface area contributed by atoms with Crippen molar-refractivity contribution in [1.82, 2.24) is 20.8 Å². The molecule has 0 spiro atoms. The van der Waals surface area contributed by atoms with E-state index in [0.717, 1.165) is 13.0 Å². The highest BCUT2D eigenvalue weighted by Gasteiger charge is 2.03. The first kappa shape index (κ1) is 12.6. The van der Waals surface area contributed by atoms with Crippen molar-refractivity contribution >= 4 is 5.91 Å². The highest BCUT2D eigenvalue weighted by atomic mass is 16.5. The summed E-state index contributed by atoms with van der Waals surface area (Å²) in [6.45, 7) is 5.56. The lowest BCUT2D eigenvalue weighted by Gasteiger charge is -2.03. The second-order valence-electron chi connectivity index (χ2n) is 3.51. The normalized spacial score (nSPS) is 10.4. The van der Waals surface area contributed by atoms with Gasteiger partial charge in [0, 0.05) is 13.0 Å². The van der Waals surface area contributed by atoms with Crippen LogP contribution in [0.25, 0.3) is 0 Å². The summed E-state index contributed by atoms with van der Waals surface area (Å²) in [7, 11) is 0. The average Bonchev–Trinajstić information content (AvgIpc) is 2.65. The molecule has 1 aromatic heterocycles. The summed E-state index contributed by atoms with van der Waals surface area (Å²) >= 11 is 0. The summed E-state index contributed by atoms with van der Waals surface area (Å²) in [6.07, 6.45) is 1.59. The zero-order valence-corrected chi connectivity index (χ0v) is 9.75. The van der Waals surface area contributed by atoms with E-state index in [1.165, 1.54) is 0 Å². The molecule has 0 aliphatic carbocycles. The number of carbonyl (C=O) groups excluding carboxylic acids is 1. The van der Waals surface area contributed by atoms with Crippen molar-refractivity contribution < 1.29 is 9.32 Å². The predicted molar refractivity (Wildman–Crippen MR) is 58.9 cm³/mol. The molecular formula is C10H18N4O2. The Hall–Kier alpha value is -1.43. The molecule has 0 atom stereocenters. The van der Waals surface area contributed by atoms with E-state index in [2.05, 4.69) is 27.7 Å². The van der Waals surface area contributed by atoms with Crippen LogP contribution in [0.15, 0.2) is 4.52 Å². The van der Waals surface area contributed by atoms with Crippen molar-refractivity contribution in [3.8, 4) is 0 Å². The van der Waals surface area contributed by atoms with E-state index in [1.54, 1.807) is 6.92 Å². The second-order valence-corrected chi connectivity index (χ2v) is 3.51. The molecule has 0 fully saturated rings. The van der Waals surface area contributed by atoms with Crippen LogP contribution in [-0.4, -0.2) is 35.7 Å². The lowest BCUT2D eigenvalue weighted by atomic mass is 10.4. The maximum absolute atomic E-state index is 11.3. The van der Waals surface area contributed by atoms with Crippen LogP contribution in [-0.2, 0) is 11.2 Å². The zero-order valence-electron chi connectivity index (χ0n) is 9.75. The van der Waals surface area contributed by atoms with Crippen molar-refractivity contribution in [3.63, 3.8) is 0 Å². The van der Waals surface area contributed by atoms with Crippen LogP contribution in [0.5, 0.6) is 0 Å². The third-order valence-electron chi connectivity index (χ3n) is 1.94. The second kappa shape index (κ2) is 6.95. The smallest absolute Gasteiger partial charge is 0.233 e. The minimum absolute atomic E-state index is 0.00955. The molecule has 2 N–H and O–H groups in total. The van der Waals surface area contributed by atoms with Gasteiger partial charge >= 0.3 is 0 Å². The number of aryl methyl sites for hydroxylation is 1. The number of nitrogens with one attached hydrogen (secondary N) is 2. The van der Waals surface area contributed by atoms with Gasteiger partial charge in [-0.2, -0.15) is 4.98 Å². The number of aromatic nitrogens is 2. The van der Waals surface area contributed by atoms with Gasteiger partial charge in [0.1, 0.15) is 0 Å². The van der Waals surface area contributed by atoms with Gasteiger partial charge in [-0.3, -0.25) is 4.79 Å². The van der Waals surface area contributed by atoms with Crippen molar-refractivity contribution in [2.75, 3.05) is 19.6 Å². The first-order valence-corrected chi connectivity index (χ1v) is 5.49. The van der Waals surface area contributed by atoms with Crippen LogP contribution in [0.3, 0.4) is 0 Å². The molecule has 0 saturated carbocycles. The molecular weight excluding hydrogens is 208 g/mol. The Labute approximate surface area is 94.8 Å². The molecule has 6 heteroatoms. The molecule has 0 aromatic carbocycles. The fraction of sp³-hybridized carbons (Fsp3) is 0.700. The summed E-state index contributed by atoms with van der Waals surface area (Å²) < 4.78 is 4.92. The summed E-state index contributed by atoms with van der Waals surface area (Å²) in [4.78, 5) is 15.3. The molecule has 0 radical (unpaired) electrons. The summed E-state index contributed by atoms with van der Waals surface area (Å²) in [5.74, 6) is 1.16. The summed E-state index contributed by atoms with van der Waals surface area (Å²) in [5, 5.41) is 9.46. The van der Waals surface area contributed by atoms with Gasteiger partial charge in [0.05, 0.1) is 6.54 Å². The fourth-order valence-corrected chi connectivity index (χ4v) is 1.19. The van der Waals surface area contributed by atoms with Crippen LogP contribution in [0.4, 0.5) is 0 Å². The predicted octanol–water partition coefficient (Wildman–Crippen LogP) is 0.0363. The Morgan fingerprint density at radius 1 is 1.44 bits per heavy atom. The minimum atomic E-state index is -0.00955. The maximum Gasteiger partial charge on any atom is 0.233 e. The Bertz CT molecular complexity index is 324. The van der Waals surface area contributed by atoms with Gasteiger partial charge in [0.15, 0.2) is 5.82 Å². The van der Waals surface area contributed by atoms with E-state index in [1.807, 2.05) is 0 Å². The van der Waals surface area contributed by atoms with Gasteiger partial charge in [-0.15, -0.1) is 0 Å². The molecule has 0 aliphatic heterocycles. The standard InChI is InChI=1S/C10H18N4O2/c1-3-5-11-7-9(15)12-6-4-10-13-8(2)14-16-10/h11H,3-7H2,1-2H3,(H,12,15). The molecule has 0 bridgehead atoms. The molecule has 6 nitrogen and oxygen atoms in total. The number of hydrogen-bond donors (Lipinski definition) is 2. The van der Waals surface area contributed by atoms with Crippen LogP contribution in [0.1, 0.15) is 25.1 Å². The Morgan fingerprint density at radius 3 is 2.88 bits per heavy atom. The van der Waals surface area contributed by atoms with Crippen LogP contribution in [0, 0.1) is 6.92 Å². The number of nitrogens with zero attached hydrogens (tertiary/aromatic N) is 2. The molecule has 90 valence electrons. The number of amides is 1. The number of rotatable bonds is 7. The lowest BCUT2D eigenvalue weighted by Crippen LogP contribution is -2.35. The van der Waals surface area contributed by atoms with Crippen LogP contribution < -0.4 is 10.6 Å². The SMILES string of the molecule is CCCNCC(=O)NCCc1nc(C)no1. The molecule has 1 amide bonds. The van der Waals surface area contributed by atoms with E-state index >= 15 is 0 Å². The monoisotopic (exact) mass is 226 g/mol. The van der Waals surface area contributed by atoms with Gasteiger partial charge < -0.3 is 15.2 Å². The van der Waals surface area contributed by atoms with Crippen LogP contribution in [0.2, 0.25) is 0 Å². The zero-order chi connectivity index (χ0) is 11.8. The largest absolute Gasteiger partial charge is 0.354 e. The first-order valence-electron chi connectivity index (χ1n) is 5.49. The van der Waals surface area contributed by atoms with Gasteiger partial charge in [0.2, 0.25) is 11.8 Å². The Kier molecular flexibility index (Phi) is 5.49. The molecule has 0 aliphatic rings. The third-order valence-corrected chi connectivity index (χ3v) is 1.94. The molecule has 16 heavy (non-hydrogen) atoms. The Morgan fingerprint density at radius 2 is 2.25 bits per heavy atom. The van der Waals surface area contributed by atoms with Crippen molar-refractivity contribution in [2.45, 2.75) is 26.7 Å². The van der Waals surface area contributed by atoms with E-state index in [0.29, 0.717) is 31.2 Å². The first-order chi connectivity index (χ1) is 7.72. The molecule has 0 saturated heterocycles. The lowest BCUT2D eigenvalue weighted by molar-refractivity contribution is -0.120. The van der Waals surface area contributed by atoms with Crippen molar-refractivity contribution in [1.29, 1.82) is 0 Å². The van der Waals surface area contributed by atoms with E-state index in [9.17, 15) is 4.79 Å². The number of carbonyl (C=O) groups is 1. The average molecular weight is 226 g/mol. The van der Waals surface area contributed by atoms with Crippen molar-refractivity contribution in [3.05, 3.63) is 11.7 Å². The third kappa shape index (κ3) is 4.88. The molecule has 1 rings (SSSR count). The maximum atomic E-state index is 11.3. The highest BCUT2D eigenvalue weighted by Crippen LogP contribution is 1.95. The quantitative estimate of drug-likeness (QED) is 0.641. The van der Waals surface area contributed by atoms with Gasteiger partial charge in [0.25, 0.3) is 0 Å². The Balaban J connectivity index is 2.08. The van der Waals surface area contributed by atoms with Crippen LogP contribution >= 0.6 is 0 Å².